The van der Waals surface area contributed by atoms with Crippen LogP contribution >= 0.6 is 0 Å². The zero-order chi connectivity index (χ0) is 15.7. The van der Waals surface area contributed by atoms with Crippen LogP contribution in [0.25, 0.3) is 0 Å². The number of hydrogen-bond donors (Lipinski definition) is 1. The van der Waals surface area contributed by atoms with Crippen molar-refractivity contribution in [2.24, 2.45) is 10.8 Å². The minimum atomic E-state index is -0.720. The van der Waals surface area contributed by atoms with Gasteiger partial charge in [0.1, 0.15) is 0 Å². The fraction of sp³-hybridized carbons (Fsp3) is 0.632. The van der Waals surface area contributed by atoms with Gasteiger partial charge in [-0.15, -0.1) is 0 Å². The van der Waals surface area contributed by atoms with Crippen molar-refractivity contribution in [3.05, 3.63) is 35.4 Å². The van der Waals surface area contributed by atoms with Crippen molar-refractivity contribution in [2.75, 3.05) is 0 Å². The number of aliphatic carboxylic acids is 1. The summed E-state index contributed by atoms with van der Waals surface area (Å²) in [6.45, 7) is 8.33. The van der Waals surface area contributed by atoms with E-state index >= 15 is 0 Å². The van der Waals surface area contributed by atoms with E-state index in [1.807, 2.05) is 19.9 Å². The fourth-order valence-electron chi connectivity index (χ4n) is 3.36. The summed E-state index contributed by atoms with van der Waals surface area (Å²) in [5.41, 5.74) is 2.35. The highest BCUT2D eigenvalue weighted by atomic mass is 16.4. The molecule has 0 aromatic heterocycles. The largest absolute Gasteiger partial charge is 0.481 e. The molecule has 1 aromatic carbocycles. The molecule has 1 aliphatic carbocycles. The summed E-state index contributed by atoms with van der Waals surface area (Å²) < 4.78 is 0. The lowest BCUT2D eigenvalue weighted by Gasteiger charge is -2.35. The molecular formula is C19H28O2. The predicted molar refractivity (Wildman–Crippen MR) is 86.6 cm³/mol. The maximum Gasteiger partial charge on any atom is 0.309 e. The first-order valence-electron chi connectivity index (χ1n) is 8.02. The maximum atomic E-state index is 11.4. The Bertz CT molecular complexity index is 504. The third kappa shape index (κ3) is 3.87. The lowest BCUT2D eigenvalue weighted by atomic mass is 9.70. The lowest BCUT2D eigenvalue weighted by molar-refractivity contribution is -0.146. The molecule has 0 radical (unpaired) electrons. The van der Waals surface area contributed by atoms with Gasteiger partial charge in [-0.3, -0.25) is 4.79 Å². The summed E-state index contributed by atoms with van der Waals surface area (Å²) >= 11 is 0. The van der Waals surface area contributed by atoms with Gasteiger partial charge in [0.15, 0.2) is 0 Å². The van der Waals surface area contributed by atoms with Gasteiger partial charge >= 0.3 is 5.97 Å². The molecular weight excluding hydrogens is 260 g/mol. The third-order valence-corrected chi connectivity index (χ3v) is 5.05. The topological polar surface area (TPSA) is 37.3 Å². The van der Waals surface area contributed by atoms with E-state index in [9.17, 15) is 9.90 Å². The van der Waals surface area contributed by atoms with Crippen molar-refractivity contribution >= 4 is 5.97 Å². The zero-order valence-electron chi connectivity index (χ0n) is 13.8. The van der Waals surface area contributed by atoms with E-state index in [1.165, 1.54) is 36.8 Å². The second-order valence-electron chi connectivity index (χ2n) is 8.00. The summed E-state index contributed by atoms with van der Waals surface area (Å²) in [7, 11) is 0. The van der Waals surface area contributed by atoms with Crippen molar-refractivity contribution in [3.63, 3.8) is 0 Å². The molecule has 21 heavy (non-hydrogen) atoms. The first kappa shape index (κ1) is 16.1. The molecule has 0 bridgehead atoms. The summed E-state index contributed by atoms with van der Waals surface area (Å²) in [5.74, 6) is -0.124. The van der Waals surface area contributed by atoms with Crippen LogP contribution in [0.2, 0.25) is 0 Å². The Labute approximate surface area is 128 Å². The van der Waals surface area contributed by atoms with Gasteiger partial charge in [-0.1, -0.05) is 38.1 Å². The van der Waals surface area contributed by atoms with Gasteiger partial charge in [0.05, 0.1) is 5.41 Å². The van der Waals surface area contributed by atoms with Crippen LogP contribution in [0.3, 0.4) is 0 Å². The van der Waals surface area contributed by atoms with Crippen LogP contribution in [0.5, 0.6) is 0 Å². The van der Waals surface area contributed by atoms with Crippen LogP contribution in [0.4, 0.5) is 0 Å². The number of carboxylic acid groups (broad SMARTS) is 1. The van der Waals surface area contributed by atoms with Gasteiger partial charge in [-0.05, 0) is 68.4 Å². The van der Waals surface area contributed by atoms with Gasteiger partial charge in [-0.25, -0.2) is 0 Å². The molecule has 0 saturated heterocycles. The zero-order valence-corrected chi connectivity index (χ0v) is 13.8. The summed E-state index contributed by atoms with van der Waals surface area (Å²) in [5, 5.41) is 9.37. The quantitative estimate of drug-likeness (QED) is 0.844. The highest BCUT2D eigenvalue weighted by molar-refractivity contribution is 5.74. The molecule has 2 heteroatoms. The second kappa shape index (κ2) is 5.82. The second-order valence-corrected chi connectivity index (χ2v) is 8.00. The Kier molecular flexibility index (Phi) is 4.46. The van der Waals surface area contributed by atoms with Crippen molar-refractivity contribution in [1.29, 1.82) is 0 Å². The first-order chi connectivity index (χ1) is 9.71. The molecule has 1 aliphatic rings. The summed E-state index contributed by atoms with van der Waals surface area (Å²) in [6, 6.07) is 8.44. The molecule has 2 rings (SSSR count). The Hall–Kier alpha value is -1.31. The van der Waals surface area contributed by atoms with Gasteiger partial charge < -0.3 is 5.11 Å². The van der Waals surface area contributed by atoms with E-state index < -0.39 is 11.4 Å². The smallest absolute Gasteiger partial charge is 0.309 e. The molecule has 0 atom stereocenters. The monoisotopic (exact) mass is 288 g/mol. The summed E-state index contributed by atoms with van der Waals surface area (Å²) in [4.78, 5) is 11.4. The molecule has 116 valence electrons. The molecule has 1 N–H and O–H groups in total. The Morgan fingerprint density at radius 3 is 2.38 bits per heavy atom. The average molecular weight is 288 g/mol. The van der Waals surface area contributed by atoms with Gasteiger partial charge in [0, 0.05) is 0 Å². The average Bonchev–Trinajstić information content (AvgIpc) is 2.39. The molecule has 0 heterocycles. The van der Waals surface area contributed by atoms with Crippen LogP contribution in [-0.4, -0.2) is 11.1 Å². The van der Waals surface area contributed by atoms with Crippen molar-refractivity contribution < 1.29 is 9.90 Å². The van der Waals surface area contributed by atoms with Crippen LogP contribution < -0.4 is 0 Å². The number of carbonyl (C=O) groups is 1. The SMILES string of the molecule is CC1(C)CCC(c2ccccc2CC(C)(C)C(=O)O)CC1. The van der Waals surface area contributed by atoms with Gasteiger partial charge in [-0.2, -0.15) is 0 Å². The van der Waals surface area contributed by atoms with Crippen LogP contribution in [0.1, 0.15) is 70.4 Å². The number of rotatable bonds is 4. The standard InChI is InChI=1S/C19H28O2/c1-18(2)11-9-14(10-12-18)16-8-6-5-7-15(16)13-19(3,4)17(20)21/h5-8,14H,9-13H2,1-4H3,(H,20,21). The van der Waals surface area contributed by atoms with E-state index in [0.717, 1.165) is 0 Å². The minimum Gasteiger partial charge on any atom is -0.481 e. The number of hydrogen-bond acceptors (Lipinski definition) is 1. The molecule has 2 nitrogen and oxygen atoms in total. The van der Waals surface area contributed by atoms with E-state index in [2.05, 4.69) is 32.0 Å². The molecule has 1 saturated carbocycles. The van der Waals surface area contributed by atoms with Gasteiger partial charge in [0.25, 0.3) is 0 Å². The molecule has 0 aliphatic heterocycles. The lowest BCUT2D eigenvalue weighted by Crippen LogP contribution is -2.27. The fourth-order valence-corrected chi connectivity index (χ4v) is 3.36. The van der Waals surface area contributed by atoms with E-state index in [4.69, 9.17) is 0 Å². The van der Waals surface area contributed by atoms with Crippen LogP contribution in [0, 0.1) is 10.8 Å². The maximum absolute atomic E-state index is 11.4. The predicted octanol–water partition coefficient (Wildman–Crippen LogP) is 5.02. The summed E-state index contributed by atoms with van der Waals surface area (Å²) in [6.07, 6.45) is 5.57. The van der Waals surface area contributed by atoms with Gasteiger partial charge in [0.2, 0.25) is 0 Å². The highest BCUT2D eigenvalue weighted by Gasteiger charge is 2.31. The van der Waals surface area contributed by atoms with Crippen molar-refractivity contribution in [2.45, 2.75) is 65.7 Å². The third-order valence-electron chi connectivity index (χ3n) is 5.05. The van der Waals surface area contributed by atoms with E-state index in [0.29, 0.717) is 17.8 Å². The van der Waals surface area contributed by atoms with Crippen LogP contribution in [-0.2, 0) is 11.2 Å². The minimum absolute atomic E-state index is 0.464. The first-order valence-corrected chi connectivity index (χ1v) is 8.02. The molecule has 1 fully saturated rings. The Morgan fingerprint density at radius 1 is 1.24 bits per heavy atom. The Morgan fingerprint density at radius 2 is 1.81 bits per heavy atom. The molecule has 0 amide bonds. The normalized spacial score (nSPS) is 19.4. The van der Waals surface area contributed by atoms with Crippen molar-refractivity contribution in [3.8, 4) is 0 Å². The number of carboxylic acids is 1. The highest BCUT2D eigenvalue weighted by Crippen LogP contribution is 2.43. The van der Waals surface area contributed by atoms with E-state index in [-0.39, 0.29) is 0 Å². The number of benzene rings is 1. The van der Waals surface area contributed by atoms with Crippen LogP contribution in [0.15, 0.2) is 24.3 Å². The molecule has 0 spiro atoms. The molecule has 0 unspecified atom stereocenters. The van der Waals surface area contributed by atoms with Crippen molar-refractivity contribution in [1.82, 2.24) is 0 Å². The Balaban J connectivity index is 2.20. The van der Waals surface area contributed by atoms with E-state index in [1.54, 1.807) is 0 Å². The molecule has 1 aromatic rings.